The van der Waals surface area contributed by atoms with Gasteiger partial charge in [0, 0.05) is 0 Å². The van der Waals surface area contributed by atoms with E-state index < -0.39 is 63.1 Å². The lowest BCUT2D eigenvalue weighted by Crippen LogP contribution is -2.59. The number of aliphatic carboxylic acids is 2. The Bertz CT molecular complexity index is 452. The van der Waals surface area contributed by atoms with Crippen molar-refractivity contribution < 1.29 is 59.3 Å². The third kappa shape index (κ3) is 8.31. The molecule has 1 aliphatic heterocycles. The molecule has 1 aliphatic rings. The van der Waals surface area contributed by atoms with Crippen molar-refractivity contribution in [2.24, 2.45) is 0 Å². The molecule has 0 aromatic rings. The highest BCUT2D eigenvalue weighted by atomic mass is 31.2. The summed E-state index contributed by atoms with van der Waals surface area (Å²) in [6.07, 6.45) is -9.32. The van der Waals surface area contributed by atoms with E-state index in [1.165, 1.54) is 0 Å². The molecular weight excluding hydrogens is 345 g/mol. The van der Waals surface area contributed by atoms with Gasteiger partial charge in [-0.15, -0.1) is 0 Å². The normalized spacial score (nSPS) is 31.0. The molecule has 0 spiro atoms. The number of carbonyl (C=O) groups is 2. The van der Waals surface area contributed by atoms with Crippen LogP contribution in [0.4, 0.5) is 0 Å². The maximum atomic E-state index is 10.4. The first kappa shape index (κ1) is 21.9. The van der Waals surface area contributed by atoms with Gasteiger partial charge in [0.25, 0.3) is 0 Å². The molecule has 14 heteroatoms. The predicted molar refractivity (Wildman–Crippen MR) is 69.1 cm³/mol. The summed E-state index contributed by atoms with van der Waals surface area (Å²) in [5.74, 6) is -2.66. The quantitative estimate of drug-likeness (QED) is 0.210. The fourth-order valence-electron chi connectivity index (χ4n) is 1.37. The Labute approximate surface area is 128 Å². The highest BCUT2D eigenvalue weighted by molar-refractivity contribution is 7.51. The monoisotopic (exact) mass is 363 g/mol. The maximum Gasteiger partial charge on any atom is 0.339 e. The molecule has 0 radical (unpaired) electrons. The summed E-state index contributed by atoms with van der Waals surface area (Å²) in [4.78, 5) is 36.5. The SMILES string of the molecule is O=C(O)CNCP(=O)(O)O.O=C(O)[C@H]1OC(O)[C@H](O)[C@@H](O)[C@@H]1O. The van der Waals surface area contributed by atoms with Gasteiger partial charge in [0.05, 0.1) is 12.8 Å². The van der Waals surface area contributed by atoms with Gasteiger partial charge in [-0.05, 0) is 0 Å². The molecule has 1 fully saturated rings. The molecule has 0 aromatic carbocycles. The van der Waals surface area contributed by atoms with Crippen LogP contribution < -0.4 is 5.32 Å². The fraction of sp³-hybridized carbons (Fsp3) is 0.778. The van der Waals surface area contributed by atoms with Crippen molar-refractivity contribution in [2.45, 2.75) is 30.7 Å². The van der Waals surface area contributed by atoms with Crippen molar-refractivity contribution in [3.63, 3.8) is 0 Å². The summed E-state index contributed by atoms with van der Waals surface area (Å²) in [6.45, 7) is -0.439. The molecule has 9 N–H and O–H groups in total. The number of hydrogen-bond donors (Lipinski definition) is 9. The minimum atomic E-state index is -4.10. The zero-order valence-corrected chi connectivity index (χ0v) is 12.4. The Kier molecular flexibility index (Phi) is 8.76. The largest absolute Gasteiger partial charge is 0.480 e. The predicted octanol–water partition coefficient (Wildman–Crippen LogP) is -4.33. The van der Waals surface area contributed by atoms with Crippen LogP contribution in [0.3, 0.4) is 0 Å². The lowest BCUT2D eigenvalue weighted by molar-refractivity contribution is -0.279. The topological polar surface area (TPSA) is 234 Å². The molecule has 1 unspecified atom stereocenters. The van der Waals surface area contributed by atoms with E-state index in [0.29, 0.717) is 0 Å². The van der Waals surface area contributed by atoms with Gasteiger partial charge < -0.3 is 45.2 Å². The van der Waals surface area contributed by atoms with Gasteiger partial charge in [0.2, 0.25) is 0 Å². The standard InChI is InChI=1S/C6H10O7.C3H8NO5P/c7-1-2(8)4(5(10)11)13-6(12)3(1)9;5-3(6)1-4-2-10(7,8)9/h1-4,6-9,12H,(H,10,11);4H,1-2H2,(H,5,6)(H2,7,8,9)/t1-,2-,3+,4-,6?;/m0./s1. The van der Waals surface area contributed by atoms with Crippen LogP contribution in [0.5, 0.6) is 0 Å². The number of rotatable bonds is 5. The lowest BCUT2D eigenvalue weighted by atomic mass is 9.99. The summed E-state index contributed by atoms with van der Waals surface area (Å²) in [7, 11) is -4.10. The van der Waals surface area contributed by atoms with Crippen LogP contribution in [0, 0.1) is 0 Å². The Morgan fingerprint density at radius 1 is 1.00 bits per heavy atom. The van der Waals surface area contributed by atoms with Crippen molar-refractivity contribution in [1.82, 2.24) is 5.32 Å². The van der Waals surface area contributed by atoms with Crippen LogP contribution >= 0.6 is 7.60 Å². The van der Waals surface area contributed by atoms with E-state index in [2.05, 4.69) is 10.1 Å². The Balaban J connectivity index is 0.000000438. The summed E-state index contributed by atoms with van der Waals surface area (Å²) >= 11 is 0. The van der Waals surface area contributed by atoms with Gasteiger partial charge in [0.15, 0.2) is 12.4 Å². The van der Waals surface area contributed by atoms with Crippen molar-refractivity contribution >= 4 is 19.5 Å². The van der Waals surface area contributed by atoms with Crippen LogP contribution in [0.1, 0.15) is 0 Å². The molecule has 23 heavy (non-hydrogen) atoms. The van der Waals surface area contributed by atoms with Crippen LogP contribution in [-0.4, -0.2) is 95.9 Å². The molecule has 0 aromatic heterocycles. The van der Waals surface area contributed by atoms with Gasteiger partial charge in [0.1, 0.15) is 18.3 Å². The summed E-state index contributed by atoms with van der Waals surface area (Å²) in [5.41, 5.74) is 0. The smallest absolute Gasteiger partial charge is 0.339 e. The molecule has 0 bridgehead atoms. The van der Waals surface area contributed by atoms with E-state index in [4.69, 9.17) is 40.4 Å². The average Bonchev–Trinajstić information content (AvgIpc) is 2.39. The summed E-state index contributed by atoms with van der Waals surface area (Å²) in [6, 6.07) is 0. The summed E-state index contributed by atoms with van der Waals surface area (Å²) < 4.78 is 14.4. The lowest BCUT2D eigenvalue weighted by Gasteiger charge is -2.36. The van der Waals surface area contributed by atoms with E-state index >= 15 is 0 Å². The highest BCUT2D eigenvalue weighted by Crippen LogP contribution is 2.31. The molecule has 1 saturated heterocycles. The number of hydrogen-bond acceptors (Lipinski definition) is 9. The number of aliphatic hydroxyl groups excluding tert-OH is 4. The van der Waals surface area contributed by atoms with E-state index in [0.717, 1.165) is 0 Å². The Morgan fingerprint density at radius 3 is 1.91 bits per heavy atom. The van der Waals surface area contributed by atoms with E-state index in [-0.39, 0.29) is 0 Å². The molecule has 136 valence electrons. The van der Waals surface area contributed by atoms with Gasteiger partial charge in [-0.1, -0.05) is 0 Å². The average molecular weight is 363 g/mol. The number of carboxylic acid groups (broad SMARTS) is 2. The van der Waals surface area contributed by atoms with Crippen molar-refractivity contribution in [2.75, 3.05) is 12.8 Å². The van der Waals surface area contributed by atoms with Gasteiger partial charge in [-0.25, -0.2) is 4.79 Å². The van der Waals surface area contributed by atoms with Crippen LogP contribution in [0.2, 0.25) is 0 Å². The zero-order chi connectivity index (χ0) is 18.4. The minimum absolute atomic E-state index is 0.439. The van der Waals surface area contributed by atoms with Gasteiger partial charge >= 0.3 is 19.5 Å². The van der Waals surface area contributed by atoms with Gasteiger partial charge in [-0.2, -0.15) is 0 Å². The number of carboxylic acids is 2. The maximum absolute atomic E-state index is 10.4. The molecule has 1 heterocycles. The van der Waals surface area contributed by atoms with Crippen molar-refractivity contribution in [1.29, 1.82) is 0 Å². The first-order valence-electron chi connectivity index (χ1n) is 5.94. The number of aliphatic hydroxyl groups is 4. The van der Waals surface area contributed by atoms with Crippen LogP contribution in [0.15, 0.2) is 0 Å². The molecule has 5 atom stereocenters. The Hall–Kier alpha value is -1.15. The first-order valence-corrected chi connectivity index (χ1v) is 7.74. The third-order valence-corrected chi connectivity index (χ3v) is 3.06. The molecule has 13 nitrogen and oxygen atoms in total. The van der Waals surface area contributed by atoms with E-state index in [9.17, 15) is 14.2 Å². The molecule has 1 rings (SSSR count). The number of nitrogens with one attached hydrogen (secondary N) is 1. The molecular formula is C9H18NO12P. The third-order valence-electron chi connectivity index (χ3n) is 2.43. The fourth-order valence-corrected chi connectivity index (χ4v) is 1.78. The van der Waals surface area contributed by atoms with Crippen LogP contribution in [-0.2, 0) is 18.9 Å². The molecule has 0 aliphatic carbocycles. The van der Waals surface area contributed by atoms with E-state index in [1.54, 1.807) is 0 Å². The van der Waals surface area contributed by atoms with Gasteiger partial charge in [-0.3, -0.25) is 14.7 Å². The second kappa shape index (κ2) is 9.22. The summed E-state index contributed by atoms with van der Waals surface area (Å²) in [5, 5.41) is 54.4. The van der Waals surface area contributed by atoms with Crippen molar-refractivity contribution in [3.8, 4) is 0 Å². The van der Waals surface area contributed by atoms with Crippen molar-refractivity contribution in [3.05, 3.63) is 0 Å². The highest BCUT2D eigenvalue weighted by Gasteiger charge is 2.46. The second-order valence-electron chi connectivity index (χ2n) is 4.40. The second-order valence-corrected chi connectivity index (χ2v) is 6.05. The molecule has 0 amide bonds. The first-order chi connectivity index (χ1) is 10.4. The van der Waals surface area contributed by atoms with E-state index in [1.807, 2.05) is 0 Å². The zero-order valence-electron chi connectivity index (χ0n) is 11.5. The Morgan fingerprint density at radius 2 is 1.52 bits per heavy atom. The minimum Gasteiger partial charge on any atom is -0.480 e. The molecule has 0 saturated carbocycles. The number of ether oxygens (including phenoxy) is 1. The van der Waals surface area contributed by atoms with Crippen LogP contribution in [0.25, 0.3) is 0 Å².